The Bertz CT molecular complexity index is 450. The highest BCUT2D eigenvalue weighted by atomic mass is 79.9. The number of halogens is 1. The minimum Gasteiger partial charge on any atom is -0.388 e. The van der Waals surface area contributed by atoms with Crippen molar-refractivity contribution in [2.45, 2.75) is 31.3 Å². The summed E-state index contributed by atoms with van der Waals surface area (Å²) in [5.74, 6) is -0.155. The van der Waals surface area contributed by atoms with Crippen LogP contribution in [0.25, 0.3) is 6.08 Å². The van der Waals surface area contributed by atoms with Crippen molar-refractivity contribution in [2.75, 3.05) is 6.54 Å². The summed E-state index contributed by atoms with van der Waals surface area (Å²) in [6, 6.07) is 1.96. The number of aliphatic hydroxyl groups is 1. The summed E-state index contributed by atoms with van der Waals surface area (Å²) in [5.41, 5.74) is 0.316. The van der Waals surface area contributed by atoms with Crippen molar-refractivity contribution in [3.63, 3.8) is 0 Å². The van der Waals surface area contributed by atoms with Crippen LogP contribution in [0.15, 0.2) is 21.3 Å². The Balaban J connectivity index is 1.80. The number of thiophene rings is 1. The summed E-state index contributed by atoms with van der Waals surface area (Å²) >= 11 is 4.96. The van der Waals surface area contributed by atoms with Crippen LogP contribution >= 0.6 is 27.3 Å². The Hall–Kier alpha value is -0.650. The molecule has 1 aromatic rings. The summed E-state index contributed by atoms with van der Waals surface area (Å²) in [6.07, 6.45) is 6.95. The fourth-order valence-corrected chi connectivity index (χ4v) is 3.25. The van der Waals surface area contributed by atoms with E-state index >= 15 is 0 Å². The van der Waals surface area contributed by atoms with Crippen molar-refractivity contribution < 1.29 is 9.90 Å². The van der Waals surface area contributed by atoms with Crippen molar-refractivity contribution >= 4 is 39.2 Å². The van der Waals surface area contributed by atoms with Crippen molar-refractivity contribution in [1.29, 1.82) is 0 Å². The molecule has 5 heteroatoms. The number of nitrogens with one attached hydrogen (secondary N) is 1. The maximum absolute atomic E-state index is 11.6. The number of carbonyl (C=O) groups excluding carboxylic acids is 1. The second kappa shape index (κ2) is 5.99. The Morgan fingerprint density at radius 2 is 2.28 bits per heavy atom. The van der Waals surface area contributed by atoms with Gasteiger partial charge >= 0.3 is 0 Å². The largest absolute Gasteiger partial charge is 0.388 e. The van der Waals surface area contributed by atoms with Gasteiger partial charge < -0.3 is 10.4 Å². The van der Waals surface area contributed by atoms with E-state index in [1.807, 2.05) is 11.4 Å². The van der Waals surface area contributed by atoms with E-state index in [-0.39, 0.29) is 5.91 Å². The monoisotopic (exact) mass is 329 g/mol. The van der Waals surface area contributed by atoms with Crippen LogP contribution in [-0.4, -0.2) is 23.2 Å². The van der Waals surface area contributed by atoms with E-state index in [1.165, 1.54) is 6.08 Å². The lowest BCUT2D eigenvalue weighted by Gasteiger charge is -2.21. The second-order valence-electron chi connectivity index (χ2n) is 4.67. The molecular formula is C13H16BrNO2S. The summed E-state index contributed by atoms with van der Waals surface area (Å²) < 4.78 is 1.04. The SMILES string of the molecule is O=C(C=Cc1csc(Br)c1)NCC1(O)CCCC1. The predicted octanol–water partition coefficient (Wildman–Crippen LogP) is 2.95. The van der Waals surface area contributed by atoms with Gasteiger partial charge in [-0.2, -0.15) is 0 Å². The normalized spacial score (nSPS) is 18.3. The Labute approximate surface area is 119 Å². The zero-order chi connectivity index (χ0) is 13.0. The van der Waals surface area contributed by atoms with Crippen LogP contribution in [0.1, 0.15) is 31.2 Å². The summed E-state index contributed by atoms with van der Waals surface area (Å²) in [7, 11) is 0. The van der Waals surface area contributed by atoms with E-state index < -0.39 is 5.60 Å². The molecule has 2 rings (SSSR count). The fraction of sp³-hybridized carbons (Fsp3) is 0.462. The average molecular weight is 330 g/mol. The molecule has 0 unspecified atom stereocenters. The van der Waals surface area contributed by atoms with Gasteiger partial charge in [-0.1, -0.05) is 12.8 Å². The topological polar surface area (TPSA) is 49.3 Å². The Kier molecular flexibility index (Phi) is 4.59. The molecule has 0 aliphatic heterocycles. The van der Waals surface area contributed by atoms with Crippen molar-refractivity contribution in [3.05, 3.63) is 26.9 Å². The molecule has 0 atom stereocenters. The third-order valence-electron chi connectivity index (χ3n) is 3.14. The van der Waals surface area contributed by atoms with Gasteiger partial charge in [-0.05, 0) is 51.9 Å². The average Bonchev–Trinajstić information content (AvgIpc) is 2.94. The number of carbonyl (C=O) groups is 1. The first kappa shape index (κ1) is 13.8. The third kappa shape index (κ3) is 3.93. The molecule has 1 aliphatic carbocycles. The van der Waals surface area contributed by atoms with Gasteiger partial charge in [-0.15, -0.1) is 11.3 Å². The molecule has 0 spiro atoms. The fourth-order valence-electron chi connectivity index (χ4n) is 2.10. The lowest BCUT2D eigenvalue weighted by Crippen LogP contribution is -2.40. The standard InChI is InChI=1S/C13H16BrNO2S/c14-11-7-10(8-18-11)3-4-12(16)15-9-13(17)5-1-2-6-13/h3-4,7-8,17H,1-2,5-6,9H2,(H,15,16). The first-order valence-electron chi connectivity index (χ1n) is 6.00. The molecule has 1 aliphatic rings. The molecule has 1 saturated carbocycles. The van der Waals surface area contributed by atoms with E-state index in [2.05, 4.69) is 21.2 Å². The van der Waals surface area contributed by atoms with Gasteiger partial charge in [0.05, 0.1) is 9.39 Å². The van der Waals surface area contributed by atoms with E-state index in [1.54, 1.807) is 17.4 Å². The predicted molar refractivity (Wildman–Crippen MR) is 77.5 cm³/mol. The first-order valence-corrected chi connectivity index (χ1v) is 7.67. The highest BCUT2D eigenvalue weighted by Crippen LogP contribution is 2.28. The highest BCUT2D eigenvalue weighted by molar-refractivity contribution is 9.11. The van der Waals surface area contributed by atoms with Gasteiger partial charge in [0.1, 0.15) is 0 Å². The molecule has 0 aromatic carbocycles. The summed E-state index contributed by atoms with van der Waals surface area (Å²) in [4.78, 5) is 11.6. The number of rotatable bonds is 4. The first-order chi connectivity index (χ1) is 8.57. The van der Waals surface area contributed by atoms with Crippen LogP contribution in [-0.2, 0) is 4.79 Å². The molecule has 1 aromatic heterocycles. The Morgan fingerprint density at radius 3 is 2.89 bits per heavy atom. The molecule has 18 heavy (non-hydrogen) atoms. The van der Waals surface area contributed by atoms with E-state index in [0.717, 1.165) is 35.0 Å². The van der Waals surface area contributed by atoms with Crippen molar-refractivity contribution in [1.82, 2.24) is 5.32 Å². The van der Waals surface area contributed by atoms with Gasteiger partial charge in [-0.25, -0.2) is 0 Å². The molecule has 3 nitrogen and oxygen atoms in total. The minimum absolute atomic E-state index is 0.155. The zero-order valence-corrected chi connectivity index (χ0v) is 12.4. The molecule has 0 saturated heterocycles. The molecule has 1 heterocycles. The van der Waals surface area contributed by atoms with Gasteiger partial charge in [0, 0.05) is 12.6 Å². The maximum atomic E-state index is 11.6. The minimum atomic E-state index is -0.686. The van der Waals surface area contributed by atoms with Crippen LogP contribution in [0.4, 0.5) is 0 Å². The third-order valence-corrected chi connectivity index (χ3v) is 4.66. The van der Waals surface area contributed by atoms with E-state index in [9.17, 15) is 9.90 Å². The van der Waals surface area contributed by atoms with Crippen LogP contribution < -0.4 is 5.32 Å². The Morgan fingerprint density at radius 1 is 1.56 bits per heavy atom. The zero-order valence-electron chi connectivity index (χ0n) is 9.99. The molecule has 0 bridgehead atoms. The maximum Gasteiger partial charge on any atom is 0.244 e. The lowest BCUT2D eigenvalue weighted by atomic mass is 10.0. The molecule has 1 amide bonds. The van der Waals surface area contributed by atoms with Gasteiger partial charge in [0.15, 0.2) is 0 Å². The number of hydrogen-bond donors (Lipinski definition) is 2. The summed E-state index contributed by atoms with van der Waals surface area (Å²) in [5, 5.41) is 14.8. The number of hydrogen-bond acceptors (Lipinski definition) is 3. The van der Waals surface area contributed by atoms with E-state index in [4.69, 9.17) is 0 Å². The van der Waals surface area contributed by atoms with Crippen molar-refractivity contribution in [3.8, 4) is 0 Å². The molecule has 98 valence electrons. The molecular weight excluding hydrogens is 314 g/mol. The molecule has 2 N–H and O–H groups in total. The van der Waals surface area contributed by atoms with E-state index in [0.29, 0.717) is 6.54 Å². The van der Waals surface area contributed by atoms with Gasteiger partial charge in [0.2, 0.25) is 5.91 Å². The van der Waals surface area contributed by atoms with Crippen molar-refractivity contribution in [2.24, 2.45) is 0 Å². The molecule has 0 radical (unpaired) electrons. The van der Waals surface area contributed by atoms with Crippen LogP contribution in [0, 0.1) is 0 Å². The smallest absolute Gasteiger partial charge is 0.244 e. The van der Waals surface area contributed by atoms with Crippen LogP contribution in [0.5, 0.6) is 0 Å². The summed E-state index contributed by atoms with van der Waals surface area (Å²) in [6.45, 7) is 0.351. The van der Waals surface area contributed by atoms with Crippen LogP contribution in [0.2, 0.25) is 0 Å². The number of amides is 1. The lowest BCUT2D eigenvalue weighted by molar-refractivity contribution is -0.117. The second-order valence-corrected chi connectivity index (χ2v) is 6.96. The van der Waals surface area contributed by atoms with Gasteiger partial charge in [-0.3, -0.25) is 4.79 Å². The quantitative estimate of drug-likeness (QED) is 0.834. The molecule has 1 fully saturated rings. The van der Waals surface area contributed by atoms with Crippen LogP contribution in [0.3, 0.4) is 0 Å². The van der Waals surface area contributed by atoms with Gasteiger partial charge in [0.25, 0.3) is 0 Å². The highest BCUT2D eigenvalue weighted by Gasteiger charge is 2.30.